The summed E-state index contributed by atoms with van der Waals surface area (Å²) < 4.78 is 17.3. The average molecular weight is 342 g/mol. The summed E-state index contributed by atoms with van der Waals surface area (Å²) in [7, 11) is 4.72. The van der Waals surface area contributed by atoms with E-state index in [0.29, 0.717) is 29.4 Å². The van der Waals surface area contributed by atoms with E-state index in [4.69, 9.17) is 0 Å². The minimum Gasteiger partial charge on any atom is -0.297 e. The Hall–Kier alpha value is -3.23. The van der Waals surface area contributed by atoms with Crippen molar-refractivity contribution < 1.29 is 4.39 Å². The molecule has 0 fully saturated rings. The Morgan fingerprint density at radius 1 is 1.04 bits per heavy atom. The van der Waals surface area contributed by atoms with Crippen LogP contribution in [-0.2, 0) is 20.6 Å². The molecule has 0 bridgehead atoms. The summed E-state index contributed by atoms with van der Waals surface area (Å²) in [6.07, 6.45) is 0. The van der Waals surface area contributed by atoms with Gasteiger partial charge in [-0.2, -0.15) is 10.1 Å². The van der Waals surface area contributed by atoms with E-state index < -0.39 is 11.2 Å². The van der Waals surface area contributed by atoms with Crippen LogP contribution in [-0.4, -0.2) is 31.4 Å². The van der Waals surface area contributed by atoms with Crippen LogP contribution in [0.4, 0.5) is 10.3 Å². The molecule has 128 valence electrons. The third-order valence-corrected chi connectivity index (χ3v) is 4.37. The number of halogens is 1. The first kappa shape index (κ1) is 15.3. The lowest BCUT2D eigenvalue weighted by molar-refractivity contribution is 0.627. The van der Waals surface area contributed by atoms with Gasteiger partial charge >= 0.3 is 5.69 Å². The van der Waals surface area contributed by atoms with E-state index in [9.17, 15) is 14.0 Å². The molecule has 1 aliphatic heterocycles. The first-order valence-corrected chi connectivity index (χ1v) is 7.62. The van der Waals surface area contributed by atoms with E-state index in [2.05, 4.69) is 10.1 Å². The van der Waals surface area contributed by atoms with Crippen LogP contribution >= 0.6 is 0 Å². The summed E-state index contributed by atoms with van der Waals surface area (Å²) in [5.74, 6) is 0.144. The smallest absolute Gasteiger partial charge is 0.297 e. The van der Waals surface area contributed by atoms with Gasteiger partial charge in [-0.05, 0) is 17.7 Å². The summed E-state index contributed by atoms with van der Waals surface area (Å²) in [4.78, 5) is 29.1. The Bertz CT molecular complexity index is 1150. The Balaban J connectivity index is 1.95. The minimum atomic E-state index is -0.435. The van der Waals surface area contributed by atoms with Gasteiger partial charge in [-0.3, -0.25) is 18.5 Å². The third kappa shape index (κ3) is 2.12. The van der Waals surface area contributed by atoms with Gasteiger partial charge in [0.25, 0.3) is 5.56 Å². The van der Waals surface area contributed by atoms with Crippen LogP contribution < -0.4 is 16.3 Å². The number of hydrogen-bond acceptors (Lipinski definition) is 5. The second kappa shape index (κ2) is 5.13. The molecule has 2 aromatic heterocycles. The van der Waals surface area contributed by atoms with Crippen molar-refractivity contribution in [2.75, 3.05) is 12.1 Å². The molecular formula is C16H15FN6O2. The van der Waals surface area contributed by atoms with Crippen molar-refractivity contribution in [1.29, 1.82) is 0 Å². The minimum absolute atomic E-state index is 0.301. The van der Waals surface area contributed by atoms with Crippen LogP contribution in [0.5, 0.6) is 0 Å². The van der Waals surface area contributed by atoms with Gasteiger partial charge in [-0.15, -0.1) is 0 Å². The highest BCUT2D eigenvalue weighted by atomic mass is 19.1. The molecule has 0 aliphatic carbocycles. The van der Waals surface area contributed by atoms with E-state index in [1.54, 1.807) is 35.8 Å². The maximum Gasteiger partial charge on any atom is 0.332 e. The molecule has 3 heterocycles. The molecule has 0 unspecified atom stereocenters. The first-order valence-electron chi connectivity index (χ1n) is 7.62. The summed E-state index contributed by atoms with van der Waals surface area (Å²) in [5.41, 5.74) is 1.22. The number of hydrogen-bond donors (Lipinski definition) is 0. The van der Waals surface area contributed by atoms with Crippen molar-refractivity contribution in [2.45, 2.75) is 6.54 Å². The van der Waals surface area contributed by atoms with Gasteiger partial charge in [-0.25, -0.2) is 14.2 Å². The second-order valence-electron chi connectivity index (χ2n) is 5.95. The van der Waals surface area contributed by atoms with Gasteiger partial charge in [0.05, 0.1) is 12.3 Å². The average Bonchev–Trinajstić information content (AvgIpc) is 2.99. The van der Waals surface area contributed by atoms with E-state index in [0.717, 1.165) is 10.1 Å². The highest BCUT2D eigenvalue weighted by Gasteiger charge is 2.25. The summed E-state index contributed by atoms with van der Waals surface area (Å²) in [6.45, 7) is 0.301. The van der Waals surface area contributed by atoms with Crippen molar-refractivity contribution in [2.24, 2.45) is 19.2 Å². The fraction of sp³-hybridized carbons (Fsp3) is 0.250. The Kier molecular flexibility index (Phi) is 3.14. The van der Waals surface area contributed by atoms with E-state index >= 15 is 0 Å². The predicted molar refractivity (Wildman–Crippen MR) is 91.6 cm³/mol. The summed E-state index contributed by atoms with van der Waals surface area (Å²) >= 11 is 0. The Morgan fingerprint density at radius 2 is 1.72 bits per heavy atom. The molecule has 0 amide bonds. The summed E-state index contributed by atoms with van der Waals surface area (Å²) in [5, 5.41) is 6.02. The molecule has 0 saturated heterocycles. The maximum atomic E-state index is 13.2. The lowest BCUT2D eigenvalue weighted by atomic mass is 10.1. The zero-order valence-corrected chi connectivity index (χ0v) is 13.9. The van der Waals surface area contributed by atoms with Crippen LogP contribution in [0.1, 0.15) is 5.56 Å². The van der Waals surface area contributed by atoms with Crippen LogP contribution in [0.3, 0.4) is 0 Å². The van der Waals surface area contributed by atoms with Gasteiger partial charge in [0.1, 0.15) is 5.82 Å². The normalized spacial score (nSPS) is 13.9. The molecular weight excluding hydrogens is 327 g/mol. The van der Waals surface area contributed by atoms with Crippen molar-refractivity contribution in [3.05, 3.63) is 56.5 Å². The van der Waals surface area contributed by atoms with E-state index in [-0.39, 0.29) is 5.82 Å². The molecule has 0 radical (unpaired) electrons. The topological polar surface area (TPSA) is 77.4 Å². The Labute approximate surface area is 141 Å². The zero-order chi connectivity index (χ0) is 17.9. The fourth-order valence-electron chi connectivity index (χ4n) is 3.03. The number of benzene rings is 1. The number of aryl methyl sites for hydroxylation is 1. The molecule has 0 atom stereocenters. The van der Waals surface area contributed by atoms with Crippen molar-refractivity contribution in [3.8, 4) is 0 Å². The van der Waals surface area contributed by atoms with Gasteiger partial charge in [0, 0.05) is 21.1 Å². The summed E-state index contributed by atoms with van der Waals surface area (Å²) in [6, 6.07) is 6.00. The quantitative estimate of drug-likeness (QED) is 0.642. The molecule has 8 nitrogen and oxygen atoms in total. The van der Waals surface area contributed by atoms with Crippen molar-refractivity contribution in [1.82, 2.24) is 18.7 Å². The molecule has 25 heavy (non-hydrogen) atoms. The third-order valence-electron chi connectivity index (χ3n) is 4.37. The zero-order valence-electron chi connectivity index (χ0n) is 13.9. The fourth-order valence-corrected chi connectivity index (χ4v) is 3.03. The molecule has 1 aromatic carbocycles. The number of anilines is 1. The van der Waals surface area contributed by atoms with Crippen molar-refractivity contribution >= 4 is 22.8 Å². The number of hydrazone groups is 1. The predicted octanol–water partition coefficient (Wildman–Crippen LogP) is 0.427. The van der Waals surface area contributed by atoms with Crippen LogP contribution in [0.2, 0.25) is 0 Å². The van der Waals surface area contributed by atoms with Gasteiger partial charge in [0.15, 0.2) is 11.2 Å². The second-order valence-corrected chi connectivity index (χ2v) is 5.95. The SMILES string of the molecule is CN1N=C(c2ccc(F)cc2)Cn2c1nc1c2c(=O)n(C)c(=O)n1C. The largest absolute Gasteiger partial charge is 0.332 e. The lowest BCUT2D eigenvalue weighted by Gasteiger charge is -2.22. The molecule has 3 aromatic rings. The van der Waals surface area contributed by atoms with Crippen LogP contribution in [0.15, 0.2) is 39.0 Å². The van der Waals surface area contributed by atoms with Crippen LogP contribution in [0.25, 0.3) is 11.2 Å². The Morgan fingerprint density at radius 3 is 2.40 bits per heavy atom. The molecule has 4 rings (SSSR count). The molecule has 0 N–H and O–H groups in total. The monoisotopic (exact) mass is 342 g/mol. The number of imidazole rings is 1. The van der Waals surface area contributed by atoms with Gasteiger partial charge in [-0.1, -0.05) is 12.1 Å². The van der Waals surface area contributed by atoms with Crippen molar-refractivity contribution in [3.63, 3.8) is 0 Å². The first-order chi connectivity index (χ1) is 11.9. The standard InChI is InChI=1S/C16H15FN6O2/c1-20-13-12(14(24)21(2)16(20)25)23-8-11(19-22(3)15(23)18-13)9-4-6-10(17)7-5-9/h4-7H,8H2,1-3H3. The highest BCUT2D eigenvalue weighted by Crippen LogP contribution is 2.24. The number of nitrogens with zero attached hydrogens (tertiary/aromatic N) is 6. The van der Waals surface area contributed by atoms with E-state index in [1.165, 1.54) is 23.7 Å². The number of aromatic nitrogens is 4. The molecule has 0 saturated carbocycles. The molecule has 9 heteroatoms. The molecule has 0 spiro atoms. The number of fused-ring (bicyclic) bond motifs is 3. The molecule has 1 aliphatic rings. The van der Waals surface area contributed by atoms with Crippen LogP contribution in [0, 0.1) is 5.82 Å². The number of rotatable bonds is 1. The highest BCUT2D eigenvalue weighted by molar-refractivity contribution is 6.02. The lowest BCUT2D eigenvalue weighted by Crippen LogP contribution is -2.38. The van der Waals surface area contributed by atoms with Gasteiger partial charge < -0.3 is 0 Å². The van der Waals surface area contributed by atoms with Gasteiger partial charge in [0.2, 0.25) is 5.95 Å². The maximum absolute atomic E-state index is 13.2. The van der Waals surface area contributed by atoms with E-state index in [1.807, 2.05) is 0 Å².